The molecule has 6 nitrogen and oxygen atoms in total. The maximum Gasteiger partial charge on any atom is 0.141 e. The van der Waals surface area contributed by atoms with Crippen LogP contribution in [0.25, 0.3) is 0 Å². The van der Waals surface area contributed by atoms with Crippen molar-refractivity contribution < 1.29 is 10.2 Å². The van der Waals surface area contributed by atoms with Gasteiger partial charge in [-0.1, -0.05) is 0 Å². The highest BCUT2D eigenvalue weighted by Gasteiger charge is 1.98. The van der Waals surface area contributed by atoms with Gasteiger partial charge in [-0.05, 0) is 0 Å². The van der Waals surface area contributed by atoms with Crippen molar-refractivity contribution in [1.29, 1.82) is 0 Å². The van der Waals surface area contributed by atoms with E-state index < -0.39 is 0 Å². The van der Waals surface area contributed by atoms with E-state index in [4.69, 9.17) is 0 Å². The molecule has 0 aromatic heterocycles. The van der Waals surface area contributed by atoms with E-state index in [1.54, 1.807) is 5.59 Å². The van der Waals surface area contributed by atoms with Crippen molar-refractivity contribution in [3.05, 3.63) is 0 Å². The summed E-state index contributed by atoms with van der Waals surface area (Å²) < 4.78 is 0. The number of rotatable bonds is 3. The molecule has 0 spiro atoms. The molecule has 0 amide bonds. The molecule has 1 aliphatic rings. The molecule has 1 aliphatic heterocycles. The van der Waals surface area contributed by atoms with Crippen LogP contribution < -0.4 is 16.2 Å². The van der Waals surface area contributed by atoms with Crippen LogP contribution in [0.4, 0.5) is 0 Å². The molecule has 0 aliphatic carbocycles. The van der Waals surface area contributed by atoms with Gasteiger partial charge in [0.15, 0.2) is 0 Å². The highest BCUT2D eigenvalue weighted by Crippen LogP contribution is 1.80. The Balaban J connectivity index is 2.23. The van der Waals surface area contributed by atoms with Crippen LogP contribution in [0.2, 0.25) is 0 Å². The Hall–Kier alpha value is -1.14. The van der Waals surface area contributed by atoms with Crippen molar-refractivity contribution in [2.75, 3.05) is 13.1 Å². The fourth-order valence-corrected chi connectivity index (χ4v) is 0.612. The van der Waals surface area contributed by atoms with Crippen molar-refractivity contribution in [3.8, 4) is 0 Å². The molecule has 10 heavy (non-hydrogen) atoms. The lowest BCUT2D eigenvalue weighted by molar-refractivity contribution is -0.711. The van der Waals surface area contributed by atoms with Crippen LogP contribution in [0.15, 0.2) is 10.1 Å². The second-order valence-corrected chi connectivity index (χ2v) is 1.63. The van der Waals surface area contributed by atoms with E-state index in [-0.39, 0.29) is 0 Å². The van der Waals surface area contributed by atoms with Crippen molar-refractivity contribution in [3.63, 3.8) is 0 Å². The summed E-state index contributed by atoms with van der Waals surface area (Å²) in [5.41, 5.74) is 1.77. The Kier molecular flexibility index (Phi) is 2.65. The first-order valence-electron chi connectivity index (χ1n) is 2.78. The summed E-state index contributed by atoms with van der Waals surface area (Å²) in [7, 11) is 0. The first-order valence-corrected chi connectivity index (χ1v) is 2.78. The van der Waals surface area contributed by atoms with Crippen molar-refractivity contribution in [2.45, 2.75) is 0 Å². The molecule has 0 unspecified atom stereocenters. The lowest BCUT2D eigenvalue weighted by atomic mass is 10.6. The molecule has 0 atom stereocenters. The van der Waals surface area contributed by atoms with E-state index >= 15 is 0 Å². The number of aliphatic imine (C=N–C) groups is 1. The van der Waals surface area contributed by atoms with Gasteiger partial charge >= 0.3 is 0 Å². The third-order valence-corrected chi connectivity index (χ3v) is 0.977. The van der Waals surface area contributed by atoms with Crippen LogP contribution in [-0.4, -0.2) is 25.1 Å². The quantitative estimate of drug-likeness (QED) is 0.266. The van der Waals surface area contributed by atoms with E-state index in [1.807, 2.05) is 0 Å². The number of hydrogen-bond acceptors (Lipinski definition) is 6. The maximum atomic E-state index is 9.32. The topological polar surface area (TPSA) is 81.1 Å². The smallest absolute Gasteiger partial charge is 0.141 e. The van der Waals surface area contributed by atoms with Crippen LogP contribution >= 0.6 is 0 Å². The second kappa shape index (κ2) is 3.80. The van der Waals surface area contributed by atoms with E-state index in [0.29, 0.717) is 5.84 Å². The first-order chi connectivity index (χ1) is 4.93. The Labute approximate surface area is 57.5 Å². The first kappa shape index (κ1) is 6.97. The number of nitrogens with one attached hydrogen (secondary N) is 2. The Morgan fingerprint density at radius 3 is 3.40 bits per heavy atom. The minimum absolute atomic E-state index is 0.657. The van der Waals surface area contributed by atoms with E-state index in [9.17, 15) is 5.26 Å². The summed E-state index contributed by atoms with van der Waals surface area (Å²) >= 11 is 0. The lowest BCUT2D eigenvalue weighted by Gasteiger charge is -2.00. The third-order valence-electron chi connectivity index (χ3n) is 0.977. The van der Waals surface area contributed by atoms with Gasteiger partial charge in [0, 0.05) is 6.54 Å². The van der Waals surface area contributed by atoms with Crippen LogP contribution in [0.5, 0.6) is 0 Å². The van der Waals surface area contributed by atoms with Gasteiger partial charge in [0.05, 0.1) is 12.8 Å². The standard InChI is InChI=1S/C4H8N4O2/c9-10-8-7-3-4-5-1-2-6-4/h3,8-9H,1-2H2,(H,5,6)/p-1/b7-3+. The zero-order chi connectivity index (χ0) is 7.23. The number of hydrogen-bond donors (Lipinski definition) is 2. The van der Waals surface area contributed by atoms with Crippen molar-refractivity contribution in [2.24, 2.45) is 10.1 Å². The van der Waals surface area contributed by atoms with Gasteiger partial charge in [0.1, 0.15) is 5.84 Å². The maximum absolute atomic E-state index is 9.32. The van der Waals surface area contributed by atoms with Gasteiger partial charge in [-0.2, -0.15) is 10.7 Å². The zero-order valence-electron chi connectivity index (χ0n) is 5.20. The van der Waals surface area contributed by atoms with Crippen molar-refractivity contribution >= 4 is 12.1 Å². The summed E-state index contributed by atoms with van der Waals surface area (Å²) in [6.45, 7) is 1.57. The third kappa shape index (κ3) is 2.00. The van der Waals surface area contributed by atoms with E-state index in [2.05, 4.69) is 20.4 Å². The molecule has 6 heteroatoms. The number of hydrazone groups is 1. The normalized spacial score (nSPS) is 17.1. The molecular weight excluding hydrogens is 136 g/mol. The molecule has 56 valence electrons. The van der Waals surface area contributed by atoms with Crippen LogP contribution in [0.3, 0.4) is 0 Å². The van der Waals surface area contributed by atoms with E-state index in [1.165, 1.54) is 6.21 Å². The summed E-state index contributed by atoms with van der Waals surface area (Å²) in [5, 5.41) is 15.6. The molecule has 0 radical (unpaired) electrons. The van der Waals surface area contributed by atoms with Gasteiger partial charge in [-0.3, -0.25) is 4.99 Å². The predicted octanol–water partition coefficient (Wildman–Crippen LogP) is -2.23. The van der Waals surface area contributed by atoms with E-state index in [0.717, 1.165) is 13.1 Å². The molecule has 1 rings (SSSR count). The van der Waals surface area contributed by atoms with Gasteiger partial charge in [-0.15, -0.1) is 0 Å². The minimum atomic E-state index is 0.657. The summed E-state index contributed by atoms with van der Waals surface area (Å²) in [5.74, 6) is 0.657. The van der Waals surface area contributed by atoms with Crippen LogP contribution in [0.1, 0.15) is 0 Å². The molecule has 2 N–H and O–H groups in total. The Morgan fingerprint density at radius 1 is 1.90 bits per heavy atom. The van der Waals surface area contributed by atoms with Crippen LogP contribution in [-0.2, 0) is 4.99 Å². The molecular formula is C4H7N4O2-. The average molecular weight is 143 g/mol. The molecule has 0 aromatic carbocycles. The van der Waals surface area contributed by atoms with Crippen LogP contribution in [0, 0.1) is 0 Å². The Morgan fingerprint density at radius 2 is 2.80 bits per heavy atom. The zero-order valence-corrected chi connectivity index (χ0v) is 5.20. The number of nitrogens with zero attached hydrogens (tertiary/aromatic N) is 2. The number of amidine groups is 1. The summed E-state index contributed by atoms with van der Waals surface area (Å²) in [6, 6.07) is 0. The van der Waals surface area contributed by atoms with Gasteiger partial charge in [0.25, 0.3) is 0 Å². The molecule has 0 fully saturated rings. The summed E-state index contributed by atoms with van der Waals surface area (Å²) in [4.78, 5) is 7.19. The van der Waals surface area contributed by atoms with Crippen molar-refractivity contribution in [1.82, 2.24) is 10.9 Å². The highest BCUT2D eigenvalue weighted by atomic mass is 17.2. The minimum Gasteiger partial charge on any atom is -0.697 e. The second-order valence-electron chi connectivity index (χ2n) is 1.63. The summed E-state index contributed by atoms with van der Waals surface area (Å²) in [6.07, 6.45) is 1.38. The van der Waals surface area contributed by atoms with Gasteiger partial charge in [0.2, 0.25) is 0 Å². The monoisotopic (exact) mass is 143 g/mol. The fourth-order valence-electron chi connectivity index (χ4n) is 0.612. The molecule has 1 heterocycles. The SMILES string of the molecule is [O-]ON/N=C/C1=NCCN1. The van der Waals surface area contributed by atoms with Gasteiger partial charge < -0.3 is 15.6 Å². The molecule has 0 aromatic rings. The average Bonchev–Trinajstić information content (AvgIpc) is 2.41. The predicted molar refractivity (Wildman–Crippen MR) is 33.0 cm³/mol. The lowest BCUT2D eigenvalue weighted by Crippen LogP contribution is -2.22. The highest BCUT2D eigenvalue weighted by molar-refractivity contribution is 6.29. The molecule has 0 bridgehead atoms. The molecule has 0 saturated carbocycles. The van der Waals surface area contributed by atoms with Gasteiger partial charge in [-0.25, -0.2) is 0 Å². The fraction of sp³-hybridized carbons (Fsp3) is 0.500. The Bertz CT molecular complexity index is 155. The largest absolute Gasteiger partial charge is 0.697 e. The molecule has 0 saturated heterocycles.